The van der Waals surface area contributed by atoms with Gasteiger partial charge in [-0.25, -0.2) is 23.1 Å². The number of nitrogens with zero attached hydrogens (tertiary/aromatic N) is 3. The molecule has 3 aromatic rings. The summed E-state index contributed by atoms with van der Waals surface area (Å²) in [6, 6.07) is 8.64. The molecule has 3 unspecified atom stereocenters. The summed E-state index contributed by atoms with van der Waals surface area (Å²) in [5.74, 6) is -6.72. The molecule has 5 rings (SSSR count). The van der Waals surface area contributed by atoms with E-state index in [1.807, 2.05) is 0 Å². The lowest BCUT2D eigenvalue weighted by Crippen LogP contribution is -2.47. The van der Waals surface area contributed by atoms with E-state index >= 15 is 0 Å². The second-order valence-corrected chi connectivity index (χ2v) is 10.1. The first-order valence-electron chi connectivity index (χ1n) is 12.7. The molecule has 14 heteroatoms. The Morgan fingerprint density at radius 3 is 2.41 bits per heavy atom. The number of hydrogen-bond acceptors (Lipinski definition) is 5. The van der Waals surface area contributed by atoms with Gasteiger partial charge in [0.2, 0.25) is 29.6 Å². The van der Waals surface area contributed by atoms with Gasteiger partial charge in [-0.15, -0.1) is 0 Å². The summed E-state index contributed by atoms with van der Waals surface area (Å²) in [6.45, 7) is -0.479. The largest absolute Gasteiger partial charge is 0.448 e. The predicted octanol–water partition coefficient (Wildman–Crippen LogP) is 5.13. The van der Waals surface area contributed by atoms with E-state index in [-0.39, 0.29) is 17.7 Å². The Kier molecular flexibility index (Phi) is 7.51. The van der Waals surface area contributed by atoms with Gasteiger partial charge in [0, 0.05) is 24.8 Å². The summed E-state index contributed by atoms with van der Waals surface area (Å²) in [6.07, 6.45) is -8.12. The molecule has 0 spiro atoms. The lowest BCUT2D eigenvalue weighted by molar-refractivity contribution is -0.141. The highest BCUT2D eigenvalue weighted by Gasteiger charge is 2.47. The SMILES string of the molecule is O=C(NC(c1ccccc1)c1ccc(C2CC(F)(F)C2)c(F)n1)C1CC(F)CN1C(=O)Cc1nc(C(F)(F)F)co1. The fraction of sp³-hybridized carbons (Fsp3) is 0.407. The lowest BCUT2D eigenvalue weighted by Gasteiger charge is -2.35. The number of carbonyl (C=O) groups is 2. The predicted molar refractivity (Wildman–Crippen MR) is 128 cm³/mol. The first kappa shape index (κ1) is 28.6. The maximum atomic E-state index is 14.9. The second-order valence-electron chi connectivity index (χ2n) is 10.1. The van der Waals surface area contributed by atoms with E-state index in [4.69, 9.17) is 4.42 Å². The van der Waals surface area contributed by atoms with Crippen molar-refractivity contribution in [3.63, 3.8) is 0 Å². The van der Waals surface area contributed by atoms with Crippen LogP contribution in [-0.4, -0.2) is 51.4 Å². The highest BCUT2D eigenvalue weighted by molar-refractivity contribution is 5.89. The average Bonchev–Trinajstić information content (AvgIpc) is 3.53. The van der Waals surface area contributed by atoms with E-state index in [1.165, 1.54) is 12.1 Å². The Labute approximate surface area is 228 Å². The van der Waals surface area contributed by atoms with Crippen molar-refractivity contribution in [3.8, 4) is 0 Å². The molecule has 3 heterocycles. The second kappa shape index (κ2) is 10.8. The molecule has 2 aromatic heterocycles. The highest BCUT2D eigenvalue weighted by Crippen LogP contribution is 2.48. The molecule has 1 aromatic carbocycles. The van der Waals surface area contributed by atoms with E-state index in [0.717, 1.165) is 4.90 Å². The van der Waals surface area contributed by atoms with Gasteiger partial charge in [0.15, 0.2) is 5.69 Å². The van der Waals surface area contributed by atoms with Crippen LogP contribution in [-0.2, 0) is 22.2 Å². The zero-order valence-corrected chi connectivity index (χ0v) is 21.2. The number of halogens is 7. The third-order valence-corrected chi connectivity index (χ3v) is 7.16. The summed E-state index contributed by atoms with van der Waals surface area (Å²) in [4.78, 5) is 34.3. The molecule has 1 saturated heterocycles. The van der Waals surface area contributed by atoms with Crippen molar-refractivity contribution >= 4 is 11.8 Å². The molecule has 1 aliphatic heterocycles. The Morgan fingerprint density at radius 2 is 1.80 bits per heavy atom. The first-order chi connectivity index (χ1) is 19.3. The van der Waals surface area contributed by atoms with Gasteiger partial charge in [0.1, 0.15) is 24.9 Å². The smallest absolute Gasteiger partial charge is 0.436 e. The molecule has 2 amide bonds. The Balaban J connectivity index is 1.35. The van der Waals surface area contributed by atoms with Crippen LogP contribution in [0.3, 0.4) is 0 Å². The Bertz CT molecular complexity index is 1420. The van der Waals surface area contributed by atoms with Gasteiger partial charge in [0.05, 0.1) is 18.3 Å². The zero-order chi connectivity index (χ0) is 29.5. The Morgan fingerprint density at radius 1 is 1.10 bits per heavy atom. The number of alkyl halides is 6. The van der Waals surface area contributed by atoms with Crippen LogP contribution in [0.1, 0.15) is 59.6 Å². The molecule has 41 heavy (non-hydrogen) atoms. The molecular formula is C27H23F7N4O3. The van der Waals surface area contributed by atoms with Gasteiger partial charge in [-0.1, -0.05) is 36.4 Å². The van der Waals surface area contributed by atoms with E-state index in [9.17, 15) is 40.3 Å². The molecule has 2 aliphatic rings. The number of benzene rings is 1. The fourth-order valence-electron chi connectivity index (χ4n) is 5.08. The van der Waals surface area contributed by atoms with Gasteiger partial charge >= 0.3 is 6.18 Å². The van der Waals surface area contributed by atoms with Crippen LogP contribution in [0, 0.1) is 5.95 Å². The standard InChI is InChI=1S/C27H23F7N4O3/c28-16-8-19(38(12-16)22(39)9-21-36-20(13-41-21)27(32,33)34)25(40)37-23(14-4-2-1-3-5-14)18-7-6-17(24(29)35-18)15-10-26(30,31)11-15/h1-7,13,15-16,19,23H,8-12H2,(H,37,40). The molecule has 0 bridgehead atoms. The third-order valence-electron chi connectivity index (χ3n) is 7.16. The van der Waals surface area contributed by atoms with Gasteiger partial charge in [-0.2, -0.15) is 17.6 Å². The summed E-state index contributed by atoms with van der Waals surface area (Å²) in [5.41, 5.74) is -0.778. The summed E-state index contributed by atoms with van der Waals surface area (Å²) in [7, 11) is 0. The van der Waals surface area contributed by atoms with E-state index in [1.54, 1.807) is 30.3 Å². The van der Waals surface area contributed by atoms with Crippen LogP contribution in [0.15, 0.2) is 53.1 Å². The minimum absolute atomic E-state index is 0.0332. The zero-order valence-electron chi connectivity index (χ0n) is 21.2. The van der Waals surface area contributed by atoms with Crippen LogP contribution in [0.2, 0.25) is 0 Å². The van der Waals surface area contributed by atoms with Crippen LogP contribution in [0.5, 0.6) is 0 Å². The lowest BCUT2D eigenvalue weighted by atomic mass is 9.77. The number of aromatic nitrogens is 2. The summed E-state index contributed by atoms with van der Waals surface area (Å²) >= 11 is 0. The van der Waals surface area contributed by atoms with Crippen molar-refractivity contribution in [1.82, 2.24) is 20.2 Å². The first-order valence-corrected chi connectivity index (χ1v) is 12.7. The van der Waals surface area contributed by atoms with Crippen molar-refractivity contribution in [3.05, 3.63) is 83.1 Å². The minimum Gasteiger partial charge on any atom is -0.448 e. The van der Waals surface area contributed by atoms with Crippen molar-refractivity contribution in [1.29, 1.82) is 0 Å². The van der Waals surface area contributed by atoms with Gasteiger partial charge in [-0.05, 0) is 17.5 Å². The van der Waals surface area contributed by atoms with Crippen molar-refractivity contribution in [2.45, 2.75) is 62.0 Å². The molecular weight excluding hydrogens is 561 g/mol. The maximum Gasteiger partial charge on any atom is 0.436 e. The number of likely N-dealkylation sites (tertiary alicyclic amines) is 1. The Hall–Kier alpha value is -3.97. The van der Waals surface area contributed by atoms with Gasteiger partial charge in [0.25, 0.3) is 0 Å². The van der Waals surface area contributed by atoms with Crippen LogP contribution < -0.4 is 5.32 Å². The number of nitrogens with one attached hydrogen (secondary N) is 1. The number of amides is 2. The minimum atomic E-state index is -4.79. The monoisotopic (exact) mass is 584 g/mol. The highest BCUT2D eigenvalue weighted by atomic mass is 19.4. The molecule has 218 valence electrons. The average molecular weight is 584 g/mol. The summed E-state index contributed by atoms with van der Waals surface area (Å²) < 4.78 is 99.2. The third kappa shape index (κ3) is 6.20. The fourth-order valence-corrected chi connectivity index (χ4v) is 5.08. The topological polar surface area (TPSA) is 88.3 Å². The maximum absolute atomic E-state index is 14.9. The van der Waals surface area contributed by atoms with Gasteiger partial charge < -0.3 is 14.6 Å². The molecule has 3 atom stereocenters. The number of rotatable bonds is 7. The van der Waals surface area contributed by atoms with Crippen LogP contribution >= 0.6 is 0 Å². The van der Waals surface area contributed by atoms with Crippen LogP contribution in [0.4, 0.5) is 30.7 Å². The molecule has 7 nitrogen and oxygen atoms in total. The number of carbonyl (C=O) groups excluding carboxylic acids is 2. The van der Waals surface area contributed by atoms with E-state index in [2.05, 4.69) is 15.3 Å². The van der Waals surface area contributed by atoms with Gasteiger partial charge in [-0.3, -0.25) is 9.59 Å². The number of pyridine rings is 1. The summed E-state index contributed by atoms with van der Waals surface area (Å²) in [5, 5.41) is 2.67. The van der Waals surface area contributed by atoms with Crippen LogP contribution in [0.25, 0.3) is 0 Å². The number of hydrogen-bond donors (Lipinski definition) is 1. The van der Waals surface area contributed by atoms with Crippen molar-refractivity contribution in [2.75, 3.05) is 6.54 Å². The molecule has 1 aliphatic carbocycles. The quantitative estimate of drug-likeness (QED) is 0.308. The van der Waals surface area contributed by atoms with E-state index < -0.39 is 91.4 Å². The van der Waals surface area contributed by atoms with Crippen molar-refractivity contribution in [2.24, 2.45) is 0 Å². The normalized spacial score (nSPS) is 21.4. The molecule has 0 radical (unpaired) electrons. The van der Waals surface area contributed by atoms with Crippen molar-refractivity contribution < 1.29 is 44.7 Å². The molecule has 1 N–H and O–H groups in total. The van der Waals surface area contributed by atoms with E-state index in [0.29, 0.717) is 11.8 Å². The molecule has 1 saturated carbocycles. The molecule has 2 fully saturated rings. The number of oxazole rings is 1.